The van der Waals surface area contributed by atoms with Gasteiger partial charge in [0, 0.05) is 12.3 Å². The standard InChI is InChI=1S/C13H25NO/c1-10(2)11(8-9-14)6-7-13(15)12-4-3-5-12/h10-12H,3-9,14H2,1-2H3. The Morgan fingerprint density at radius 1 is 1.33 bits per heavy atom. The molecule has 0 aromatic heterocycles. The summed E-state index contributed by atoms with van der Waals surface area (Å²) < 4.78 is 0. The second kappa shape index (κ2) is 6.26. The minimum absolute atomic E-state index is 0.413. The van der Waals surface area contributed by atoms with Crippen LogP contribution in [0.15, 0.2) is 0 Å². The van der Waals surface area contributed by atoms with Gasteiger partial charge in [-0.25, -0.2) is 0 Å². The maximum atomic E-state index is 11.7. The van der Waals surface area contributed by atoms with Gasteiger partial charge >= 0.3 is 0 Å². The molecule has 88 valence electrons. The average Bonchev–Trinajstić information content (AvgIpc) is 2.08. The number of ketones is 1. The van der Waals surface area contributed by atoms with Gasteiger partial charge in [0.1, 0.15) is 5.78 Å². The lowest BCUT2D eigenvalue weighted by Gasteiger charge is -2.25. The lowest BCUT2D eigenvalue weighted by atomic mass is 9.79. The summed E-state index contributed by atoms with van der Waals surface area (Å²) in [7, 11) is 0. The minimum Gasteiger partial charge on any atom is -0.330 e. The molecule has 0 bridgehead atoms. The Labute approximate surface area is 93.6 Å². The summed E-state index contributed by atoms with van der Waals surface area (Å²) in [5.41, 5.74) is 5.59. The average molecular weight is 211 g/mol. The Balaban J connectivity index is 2.22. The summed E-state index contributed by atoms with van der Waals surface area (Å²) in [6, 6.07) is 0. The molecule has 1 aliphatic carbocycles. The first kappa shape index (κ1) is 12.7. The van der Waals surface area contributed by atoms with Gasteiger partial charge in [-0.05, 0) is 44.1 Å². The molecular weight excluding hydrogens is 186 g/mol. The fraction of sp³-hybridized carbons (Fsp3) is 0.923. The monoisotopic (exact) mass is 211 g/mol. The molecule has 0 aromatic rings. The van der Waals surface area contributed by atoms with Gasteiger partial charge in [0.15, 0.2) is 0 Å². The third kappa shape index (κ3) is 3.94. The molecule has 2 nitrogen and oxygen atoms in total. The molecule has 15 heavy (non-hydrogen) atoms. The third-order valence-electron chi connectivity index (χ3n) is 3.80. The van der Waals surface area contributed by atoms with Crippen molar-refractivity contribution in [3.05, 3.63) is 0 Å². The zero-order chi connectivity index (χ0) is 11.3. The third-order valence-corrected chi connectivity index (χ3v) is 3.80. The van der Waals surface area contributed by atoms with Crippen LogP contribution in [-0.4, -0.2) is 12.3 Å². The van der Waals surface area contributed by atoms with Crippen molar-refractivity contribution < 1.29 is 4.79 Å². The molecule has 1 fully saturated rings. The largest absolute Gasteiger partial charge is 0.330 e. The smallest absolute Gasteiger partial charge is 0.135 e. The zero-order valence-corrected chi connectivity index (χ0v) is 10.2. The van der Waals surface area contributed by atoms with Crippen LogP contribution in [0.1, 0.15) is 52.4 Å². The Bertz CT molecular complexity index is 197. The number of Topliss-reactive ketones (excluding diaryl/α,β-unsaturated/α-hetero) is 1. The van der Waals surface area contributed by atoms with Crippen molar-refractivity contribution >= 4 is 5.78 Å². The van der Waals surface area contributed by atoms with E-state index in [1.165, 1.54) is 6.42 Å². The summed E-state index contributed by atoms with van der Waals surface area (Å²) in [4.78, 5) is 11.7. The van der Waals surface area contributed by atoms with Crippen molar-refractivity contribution in [1.82, 2.24) is 0 Å². The maximum absolute atomic E-state index is 11.7. The van der Waals surface area contributed by atoms with Crippen molar-refractivity contribution in [2.24, 2.45) is 23.5 Å². The Hall–Kier alpha value is -0.370. The SMILES string of the molecule is CC(C)C(CCN)CCC(=O)C1CCC1. The highest BCUT2D eigenvalue weighted by Crippen LogP contribution is 2.30. The first-order valence-corrected chi connectivity index (χ1v) is 6.38. The molecule has 0 saturated heterocycles. The zero-order valence-electron chi connectivity index (χ0n) is 10.2. The van der Waals surface area contributed by atoms with Gasteiger partial charge in [-0.2, -0.15) is 0 Å². The molecule has 1 rings (SSSR count). The van der Waals surface area contributed by atoms with Gasteiger partial charge in [-0.3, -0.25) is 4.79 Å². The van der Waals surface area contributed by atoms with Crippen molar-refractivity contribution in [3.63, 3.8) is 0 Å². The predicted molar refractivity (Wildman–Crippen MR) is 63.6 cm³/mol. The maximum Gasteiger partial charge on any atom is 0.135 e. The van der Waals surface area contributed by atoms with Crippen LogP contribution in [0.5, 0.6) is 0 Å². The number of hydrogen-bond donors (Lipinski definition) is 1. The highest BCUT2D eigenvalue weighted by molar-refractivity contribution is 5.81. The summed E-state index contributed by atoms with van der Waals surface area (Å²) in [5.74, 6) is 2.21. The van der Waals surface area contributed by atoms with Crippen LogP contribution >= 0.6 is 0 Å². The van der Waals surface area contributed by atoms with Crippen LogP contribution in [0, 0.1) is 17.8 Å². The predicted octanol–water partition coefficient (Wildman–Crippen LogP) is 2.76. The van der Waals surface area contributed by atoms with Crippen LogP contribution in [0.4, 0.5) is 0 Å². The van der Waals surface area contributed by atoms with Crippen molar-refractivity contribution in [2.75, 3.05) is 6.54 Å². The molecular formula is C13H25NO. The van der Waals surface area contributed by atoms with Crippen LogP contribution in [0.25, 0.3) is 0 Å². The van der Waals surface area contributed by atoms with Gasteiger partial charge in [0.2, 0.25) is 0 Å². The van der Waals surface area contributed by atoms with E-state index in [0.717, 1.165) is 38.6 Å². The molecule has 1 unspecified atom stereocenters. The molecule has 0 aromatic carbocycles. The van der Waals surface area contributed by atoms with Crippen LogP contribution in [0.2, 0.25) is 0 Å². The van der Waals surface area contributed by atoms with Crippen LogP contribution in [0.3, 0.4) is 0 Å². The normalized spacial score (nSPS) is 18.9. The van der Waals surface area contributed by atoms with Crippen molar-refractivity contribution in [3.8, 4) is 0 Å². The van der Waals surface area contributed by atoms with E-state index >= 15 is 0 Å². The number of carbonyl (C=O) groups excluding carboxylic acids is 1. The van der Waals surface area contributed by atoms with Gasteiger partial charge in [-0.1, -0.05) is 20.3 Å². The molecule has 1 aliphatic rings. The molecule has 0 heterocycles. The highest BCUT2D eigenvalue weighted by Gasteiger charge is 2.25. The van der Waals surface area contributed by atoms with E-state index in [9.17, 15) is 4.79 Å². The number of carbonyl (C=O) groups is 1. The quantitative estimate of drug-likeness (QED) is 0.703. The van der Waals surface area contributed by atoms with Crippen molar-refractivity contribution in [1.29, 1.82) is 0 Å². The molecule has 0 radical (unpaired) electrons. The number of hydrogen-bond acceptors (Lipinski definition) is 2. The van der Waals surface area contributed by atoms with E-state index < -0.39 is 0 Å². The Morgan fingerprint density at radius 3 is 2.40 bits per heavy atom. The molecule has 0 amide bonds. The summed E-state index contributed by atoms with van der Waals surface area (Å²) in [5, 5.41) is 0. The molecule has 0 spiro atoms. The Morgan fingerprint density at radius 2 is 2.00 bits per heavy atom. The summed E-state index contributed by atoms with van der Waals surface area (Å²) in [6.07, 6.45) is 6.43. The Kier molecular flexibility index (Phi) is 5.30. The van der Waals surface area contributed by atoms with E-state index in [1.807, 2.05) is 0 Å². The minimum atomic E-state index is 0.413. The first-order valence-electron chi connectivity index (χ1n) is 6.38. The molecule has 2 N–H and O–H groups in total. The summed E-state index contributed by atoms with van der Waals surface area (Å²) in [6.45, 7) is 5.21. The van der Waals surface area contributed by atoms with E-state index in [4.69, 9.17) is 5.73 Å². The summed E-state index contributed by atoms with van der Waals surface area (Å²) >= 11 is 0. The molecule has 1 atom stereocenters. The molecule has 2 heteroatoms. The second-order valence-electron chi connectivity index (χ2n) is 5.21. The van der Waals surface area contributed by atoms with E-state index in [1.54, 1.807) is 0 Å². The molecule has 1 saturated carbocycles. The van der Waals surface area contributed by atoms with E-state index in [-0.39, 0.29) is 0 Å². The van der Waals surface area contributed by atoms with Crippen LogP contribution in [-0.2, 0) is 4.79 Å². The van der Waals surface area contributed by atoms with Crippen LogP contribution < -0.4 is 5.73 Å². The highest BCUT2D eigenvalue weighted by atomic mass is 16.1. The van der Waals surface area contributed by atoms with Gasteiger partial charge in [-0.15, -0.1) is 0 Å². The fourth-order valence-corrected chi connectivity index (χ4v) is 2.29. The second-order valence-corrected chi connectivity index (χ2v) is 5.21. The fourth-order valence-electron chi connectivity index (χ4n) is 2.29. The van der Waals surface area contributed by atoms with Gasteiger partial charge in [0.05, 0.1) is 0 Å². The van der Waals surface area contributed by atoms with Gasteiger partial charge in [0.25, 0.3) is 0 Å². The number of nitrogens with two attached hydrogens (primary N) is 1. The number of rotatable bonds is 7. The van der Waals surface area contributed by atoms with Gasteiger partial charge < -0.3 is 5.73 Å². The van der Waals surface area contributed by atoms with Crippen molar-refractivity contribution in [2.45, 2.75) is 52.4 Å². The van der Waals surface area contributed by atoms with E-state index in [0.29, 0.717) is 23.5 Å². The van der Waals surface area contributed by atoms with E-state index in [2.05, 4.69) is 13.8 Å². The lowest BCUT2D eigenvalue weighted by molar-refractivity contribution is -0.125. The topological polar surface area (TPSA) is 43.1 Å². The molecule has 0 aliphatic heterocycles. The lowest BCUT2D eigenvalue weighted by Crippen LogP contribution is -2.23. The first-order chi connectivity index (χ1) is 7.15.